The van der Waals surface area contributed by atoms with Crippen molar-refractivity contribution in [2.24, 2.45) is 5.18 Å². The highest BCUT2D eigenvalue weighted by atomic mass is 16.3. The summed E-state index contributed by atoms with van der Waals surface area (Å²) in [6, 6.07) is 12.5. The quantitative estimate of drug-likeness (QED) is 0.418. The van der Waals surface area contributed by atoms with Gasteiger partial charge in [-0.1, -0.05) is 30.3 Å². The summed E-state index contributed by atoms with van der Waals surface area (Å²) in [6.07, 6.45) is 5.54. The molecule has 1 aromatic heterocycles. The van der Waals surface area contributed by atoms with Crippen LogP contribution in [0.5, 0.6) is 0 Å². The predicted molar refractivity (Wildman–Crippen MR) is 112 cm³/mol. The Morgan fingerprint density at radius 2 is 2.10 bits per heavy atom. The SMILES string of the molecule is CC(O)=C(N=O)C(=O)Nc1cnc2c(c1)C(N(C)CCc1ccccc1)CCC2. The Balaban J connectivity index is 1.75. The number of pyridine rings is 1. The number of hydrogen-bond donors (Lipinski definition) is 2. The van der Waals surface area contributed by atoms with Crippen LogP contribution < -0.4 is 5.32 Å². The van der Waals surface area contributed by atoms with E-state index in [-0.39, 0.29) is 6.04 Å². The van der Waals surface area contributed by atoms with Gasteiger partial charge in [0.1, 0.15) is 5.76 Å². The average Bonchev–Trinajstić information content (AvgIpc) is 2.72. The highest BCUT2D eigenvalue weighted by molar-refractivity contribution is 6.03. The molecule has 0 fully saturated rings. The summed E-state index contributed by atoms with van der Waals surface area (Å²) >= 11 is 0. The van der Waals surface area contributed by atoms with Crippen LogP contribution in [-0.2, 0) is 17.6 Å². The predicted octanol–water partition coefficient (Wildman–Crippen LogP) is 4.13. The van der Waals surface area contributed by atoms with Crippen molar-refractivity contribution in [3.63, 3.8) is 0 Å². The van der Waals surface area contributed by atoms with E-state index in [4.69, 9.17) is 0 Å². The van der Waals surface area contributed by atoms with Gasteiger partial charge in [-0.15, -0.1) is 4.91 Å². The number of anilines is 1. The van der Waals surface area contributed by atoms with E-state index in [0.29, 0.717) is 5.69 Å². The van der Waals surface area contributed by atoms with Crippen molar-refractivity contribution in [2.45, 2.75) is 38.6 Å². The summed E-state index contributed by atoms with van der Waals surface area (Å²) in [5.41, 5.74) is 3.39. The van der Waals surface area contributed by atoms with E-state index in [9.17, 15) is 14.8 Å². The summed E-state index contributed by atoms with van der Waals surface area (Å²) in [6.45, 7) is 2.16. The minimum atomic E-state index is -0.744. The highest BCUT2D eigenvalue weighted by Crippen LogP contribution is 2.34. The van der Waals surface area contributed by atoms with Gasteiger partial charge in [0.25, 0.3) is 5.91 Å². The van der Waals surface area contributed by atoms with Crippen molar-refractivity contribution in [1.29, 1.82) is 0 Å². The number of nitroso groups, excluding NO2 is 1. The van der Waals surface area contributed by atoms with Gasteiger partial charge in [0, 0.05) is 18.3 Å². The van der Waals surface area contributed by atoms with Crippen LogP contribution in [0, 0.1) is 4.91 Å². The molecule has 7 nitrogen and oxygen atoms in total. The van der Waals surface area contributed by atoms with Crippen molar-refractivity contribution < 1.29 is 9.90 Å². The van der Waals surface area contributed by atoms with Gasteiger partial charge in [-0.25, -0.2) is 0 Å². The van der Waals surface area contributed by atoms with Crippen LogP contribution in [0.25, 0.3) is 0 Å². The number of carbonyl (C=O) groups is 1. The fourth-order valence-corrected chi connectivity index (χ4v) is 3.72. The third-order valence-corrected chi connectivity index (χ3v) is 5.29. The minimum Gasteiger partial charge on any atom is -0.510 e. The molecule has 0 saturated heterocycles. The molecule has 2 aromatic rings. The van der Waals surface area contributed by atoms with Crippen molar-refractivity contribution in [3.8, 4) is 0 Å². The van der Waals surface area contributed by atoms with E-state index in [2.05, 4.69) is 51.7 Å². The summed E-state index contributed by atoms with van der Waals surface area (Å²) in [5.74, 6) is -1.16. The lowest BCUT2D eigenvalue weighted by molar-refractivity contribution is -0.113. The number of aliphatic hydroxyl groups excluding tert-OH is 1. The second kappa shape index (κ2) is 9.43. The van der Waals surface area contributed by atoms with Crippen LogP contribution in [-0.4, -0.2) is 34.5 Å². The fourth-order valence-electron chi connectivity index (χ4n) is 3.72. The molecule has 1 amide bonds. The Kier molecular flexibility index (Phi) is 6.72. The molecule has 1 aliphatic carbocycles. The number of nitrogens with one attached hydrogen (secondary N) is 1. The Morgan fingerprint density at radius 3 is 2.79 bits per heavy atom. The smallest absolute Gasteiger partial charge is 0.281 e. The number of aryl methyl sites for hydroxylation is 1. The van der Waals surface area contributed by atoms with E-state index in [1.807, 2.05) is 12.1 Å². The van der Waals surface area contributed by atoms with Gasteiger partial charge in [0.2, 0.25) is 5.70 Å². The number of aliphatic hydroxyl groups is 1. The number of carbonyl (C=O) groups excluding carboxylic acids is 1. The standard InChI is InChI=1S/C22H26N4O3/c1-15(27)21(25-29)22(28)24-17-13-18-19(23-14-17)9-6-10-20(18)26(2)12-11-16-7-4-3-5-8-16/h3-5,7-8,13-14,20,27H,6,9-12H2,1-2H3,(H,24,28). The zero-order valence-electron chi connectivity index (χ0n) is 16.8. The Morgan fingerprint density at radius 1 is 1.34 bits per heavy atom. The zero-order chi connectivity index (χ0) is 20.8. The molecule has 0 aliphatic heterocycles. The molecule has 0 bridgehead atoms. The highest BCUT2D eigenvalue weighted by Gasteiger charge is 2.25. The van der Waals surface area contributed by atoms with Crippen LogP contribution in [0.1, 0.15) is 42.6 Å². The molecule has 3 rings (SSSR count). The van der Waals surface area contributed by atoms with Crippen LogP contribution >= 0.6 is 0 Å². The van der Waals surface area contributed by atoms with E-state index < -0.39 is 17.4 Å². The molecule has 1 heterocycles. The molecule has 1 aliphatic rings. The van der Waals surface area contributed by atoms with E-state index >= 15 is 0 Å². The number of hydrogen-bond acceptors (Lipinski definition) is 6. The van der Waals surface area contributed by atoms with E-state index in [1.165, 1.54) is 12.5 Å². The fraction of sp³-hybridized carbons (Fsp3) is 0.364. The molecule has 152 valence electrons. The molecule has 29 heavy (non-hydrogen) atoms. The maximum absolute atomic E-state index is 12.2. The van der Waals surface area contributed by atoms with Crippen molar-refractivity contribution in [1.82, 2.24) is 9.88 Å². The zero-order valence-corrected chi connectivity index (χ0v) is 16.8. The second-order valence-electron chi connectivity index (χ2n) is 7.36. The summed E-state index contributed by atoms with van der Waals surface area (Å²) in [4.78, 5) is 29.8. The third-order valence-electron chi connectivity index (χ3n) is 5.29. The first-order valence-corrected chi connectivity index (χ1v) is 9.77. The topological polar surface area (TPSA) is 94.9 Å². The molecule has 0 radical (unpaired) electrons. The average molecular weight is 394 g/mol. The molecule has 1 atom stereocenters. The van der Waals surface area contributed by atoms with Crippen molar-refractivity contribution in [2.75, 3.05) is 18.9 Å². The van der Waals surface area contributed by atoms with Gasteiger partial charge >= 0.3 is 0 Å². The first-order chi connectivity index (χ1) is 14.0. The molecule has 7 heteroatoms. The van der Waals surface area contributed by atoms with Crippen LogP contribution in [0.4, 0.5) is 5.69 Å². The van der Waals surface area contributed by atoms with Gasteiger partial charge in [-0.2, -0.15) is 0 Å². The summed E-state index contributed by atoms with van der Waals surface area (Å²) in [5, 5.41) is 14.6. The van der Waals surface area contributed by atoms with E-state index in [1.54, 1.807) is 6.20 Å². The molecular weight excluding hydrogens is 368 g/mol. The summed E-state index contributed by atoms with van der Waals surface area (Å²) < 4.78 is 0. The number of likely N-dealkylation sites (N-methyl/N-ethyl adjacent to an activating group) is 1. The molecular formula is C22H26N4O3. The van der Waals surface area contributed by atoms with Crippen LogP contribution in [0.15, 0.2) is 59.2 Å². The normalized spacial score (nSPS) is 16.7. The monoisotopic (exact) mass is 394 g/mol. The number of amides is 1. The minimum absolute atomic E-state index is 0.214. The second-order valence-corrected chi connectivity index (χ2v) is 7.36. The van der Waals surface area contributed by atoms with Gasteiger partial charge < -0.3 is 10.4 Å². The Hall–Kier alpha value is -3.06. The van der Waals surface area contributed by atoms with Gasteiger partial charge in [0.05, 0.1) is 11.9 Å². The lowest BCUT2D eigenvalue weighted by Gasteiger charge is -2.33. The molecule has 1 unspecified atom stereocenters. The van der Waals surface area contributed by atoms with Gasteiger partial charge in [0.15, 0.2) is 0 Å². The maximum Gasteiger partial charge on any atom is 0.281 e. The number of nitrogens with zero attached hydrogens (tertiary/aromatic N) is 3. The van der Waals surface area contributed by atoms with E-state index in [0.717, 1.165) is 43.5 Å². The number of benzene rings is 1. The van der Waals surface area contributed by atoms with Crippen molar-refractivity contribution >= 4 is 11.6 Å². The van der Waals surface area contributed by atoms with Gasteiger partial charge in [-0.3, -0.25) is 14.7 Å². The van der Waals surface area contributed by atoms with Gasteiger partial charge in [-0.05, 0) is 62.0 Å². The van der Waals surface area contributed by atoms with Crippen LogP contribution in [0.2, 0.25) is 0 Å². The summed E-state index contributed by atoms with van der Waals surface area (Å²) in [7, 11) is 2.11. The molecule has 0 spiro atoms. The molecule has 1 aromatic carbocycles. The van der Waals surface area contributed by atoms with Crippen LogP contribution in [0.3, 0.4) is 0 Å². The largest absolute Gasteiger partial charge is 0.510 e. The van der Waals surface area contributed by atoms with Crippen molar-refractivity contribution in [3.05, 3.63) is 75.8 Å². The number of fused-ring (bicyclic) bond motifs is 1. The lowest BCUT2D eigenvalue weighted by atomic mass is 9.90. The molecule has 0 saturated carbocycles. The first kappa shape index (κ1) is 20.7. The number of rotatable bonds is 7. The Bertz CT molecular complexity index is 908. The Labute approximate surface area is 170 Å². The lowest BCUT2D eigenvalue weighted by Crippen LogP contribution is -2.30. The first-order valence-electron chi connectivity index (χ1n) is 9.77. The third kappa shape index (κ3) is 5.06. The molecule has 2 N–H and O–H groups in total. The number of aromatic nitrogens is 1. The maximum atomic E-state index is 12.2. The number of allylic oxidation sites excluding steroid dienone is 1.